The van der Waals surface area contributed by atoms with Crippen molar-refractivity contribution in [3.8, 4) is 0 Å². The summed E-state index contributed by atoms with van der Waals surface area (Å²) in [6.07, 6.45) is 11.3. The third-order valence-electron chi connectivity index (χ3n) is 3.72. The molecule has 1 saturated carbocycles. The van der Waals surface area contributed by atoms with E-state index in [1.54, 1.807) is 12.4 Å². The first-order valence-electron chi connectivity index (χ1n) is 6.84. The van der Waals surface area contributed by atoms with Crippen molar-refractivity contribution < 1.29 is 4.79 Å². The number of carbonyl (C=O) groups is 1. The molecule has 0 aromatic carbocycles. The van der Waals surface area contributed by atoms with Gasteiger partial charge in [0.05, 0.1) is 0 Å². The van der Waals surface area contributed by atoms with Crippen LogP contribution in [0, 0.1) is 5.92 Å². The van der Waals surface area contributed by atoms with Crippen LogP contribution in [0.15, 0.2) is 35.2 Å². The fourth-order valence-corrected chi connectivity index (χ4v) is 2.67. The van der Waals surface area contributed by atoms with Crippen LogP contribution in [0.4, 0.5) is 0 Å². The Labute approximate surface area is 112 Å². The first-order valence-corrected chi connectivity index (χ1v) is 6.84. The zero-order chi connectivity index (χ0) is 13.1. The molecule has 1 N–H and O–H groups in total. The Bertz CT molecular complexity index is 528. The molecule has 3 rings (SSSR count). The molecule has 1 aliphatic heterocycles. The Morgan fingerprint density at radius 2 is 1.89 bits per heavy atom. The molecule has 19 heavy (non-hydrogen) atoms. The molecule has 1 aromatic rings. The Morgan fingerprint density at radius 3 is 2.63 bits per heavy atom. The SMILES string of the molecule is O=C1NC(C2CCCCC2)=N/C1=C/c1ccncc1. The minimum atomic E-state index is -0.0858. The molecule has 98 valence electrons. The summed E-state index contributed by atoms with van der Waals surface area (Å²) in [4.78, 5) is 20.4. The summed E-state index contributed by atoms with van der Waals surface area (Å²) in [5, 5.41) is 2.92. The summed E-state index contributed by atoms with van der Waals surface area (Å²) in [6, 6.07) is 3.74. The lowest BCUT2D eigenvalue weighted by atomic mass is 9.88. The van der Waals surface area contributed by atoms with Gasteiger partial charge in [0.2, 0.25) is 0 Å². The number of nitrogens with one attached hydrogen (secondary N) is 1. The number of nitrogens with zero attached hydrogens (tertiary/aromatic N) is 2. The predicted octanol–water partition coefficient (Wildman–Crippen LogP) is 2.53. The Hall–Kier alpha value is -1.97. The Kier molecular flexibility index (Phi) is 3.40. The highest BCUT2D eigenvalue weighted by Gasteiger charge is 2.27. The summed E-state index contributed by atoms with van der Waals surface area (Å²) >= 11 is 0. The standard InChI is InChI=1S/C15H17N3O/c19-15-13(10-11-6-8-16-9-7-11)17-14(18-15)12-4-2-1-3-5-12/h6-10,12H,1-5H2,(H,17,18,19)/b13-10+. The number of amides is 1. The average Bonchev–Trinajstić information content (AvgIpc) is 2.82. The fraction of sp³-hybridized carbons (Fsp3) is 0.400. The van der Waals surface area contributed by atoms with Crippen molar-refractivity contribution in [2.24, 2.45) is 10.9 Å². The number of pyridine rings is 1. The van der Waals surface area contributed by atoms with Crippen LogP contribution in [0.3, 0.4) is 0 Å². The monoisotopic (exact) mass is 255 g/mol. The summed E-state index contributed by atoms with van der Waals surface area (Å²) in [6.45, 7) is 0. The highest BCUT2D eigenvalue weighted by atomic mass is 16.2. The normalized spacial score (nSPS) is 22.4. The number of aromatic nitrogens is 1. The summed E-state index contributed by atoms with van der Waals surface area (Å²) in [5.41, 5.74) is 1.46. The maximum absolute atomic E-state index is 11.9. The van der Waals surface area contributed by atoms with E-state index in [4.69, 9.17) is 0 Å². The molecule has 0 unspecified atom stereocenters. The number of amidine groups is 1. The maximum atomic E-state index is 11.9. The molecule has 2 aliphatic rings. The van der Waals surface area contributed by atoms with Crippen LogP contribution in [0.1, 0.15) is 37.7 Å². The molecule has 1 aliphatic carbocycles. The van der Waals surface area contributed by atoms with Crippen molar-refractivity contribution in [2.45, 2.75) is 32.1 Å². The van der Waals surface area contributed by atoms with Gasteiger partial charge < -0.3 is 5.32 Å². The van der Waals surface area contributed by atoms with Gasteiger partial charge >= 0.3 is 0 Å². The van der Waals surface area contributed by atoms with Gasteiger partial charge in [-0.1, -0.05) is 19.3 Å². The zero-order valence-electron chi connectivity index (χ0n) is 10.8. The van der Waals surface area contributed by atoms with E-state index in [2.05, 4.69) is 15.3 Å². The van der Waals surface area contributed by atoms with Crippen molar-refractivity contribution in [3.63, 3.8) is 0 Å². The number of hydrogen-bond acceptors (Lipinski definition) is 3. The molecule has 4 nitrogen and oxygen atoms in total. The smallest absolute Gasteiger partial charge is 0.275 e. The molecule has 0 spiro atoms. The van der Waals surface area contributed by atoms with Gasteiger partial charge in [-0.3, -0.25) is 9.78 Å². The number of hydrogen-bond donors (Lipinski definition) is 1. The van der Waals surface area contributed by atoms with Crippen molar-refractivity contribution in [3.05, 3.63) is 35.8 Å². The third-order valence-corrected chi connectivity index (χ3v) is 3.72. The molecule has 0 saturated heterocycles. The lowest BCUT2D eigenvalue weighted by Gasteiger charge is -2.20. The van der Waals surface area contributed by atoms with Gasteiger partial charge in [-0.15, -0.1) is 0 Å². The number of rotatable bonds is 2. The van der Waals surface area contributed by atoms with Gasteiger partial charge in [-0.25, -0.2) is 4.99 Å². The molecular weight excluding hydrogens is 238 g/mol. The van der Waals surface area contributed by atoms with Crippen LogP contribution in [-0.4, -0.2) is 16.7 Å². The first kappa shape index (κ1) is 12.1. The summed E-state index contributed by atoms with van der Waals surface area (Å²) in [7, 11) is 0. The Morgan fingerprint density at radius 1 is 1.16 bits per heavy atom. The van der Waals surface area contributed by atoms with Gasteiger partial charge in [0.25, 0.3) is 5.91 Å². The van der Waals surface area contributed by atoms with E-state index in [0.717, 1.165) is 24.2 Å². The Balaban J connectivity index is 1.81. The van der Waals surface area contributed by atoms with Crippen LogP contribution in [-0.2, 0) is 4.79 Å². The molecule has 0 atom stereocenters. The van der Waals surface area contributed by atoms with Crippen molar-refractivity contribution in [2.75, 3.05) is 0 Å². The van der Waals surface area contributed by atoms with E-state index in [-0.39, 0.29) is 5.91 Å². The lowest BCUT2D eigenvalue weighted by Crippen LogP contribution is -2.31. The molecule has 2 heterocycles. The van der Waals surface area contributed by atoms with E-state index < -0.39 is 0 Å². The maximum Gasteiger partial charge on any atom is 0.275 e. The molecule has 4 heteroatoms. The third kappa shape index (κ3) is 2.72. The average molecular weight is 255 g/mol. The molecule has 1 aromatic heterocycles. The molecule has 1 amide bonds. The topological polar surface area (TPSA) is 54.4 Å². The number of aliphatic imine (C=N–C) groups is 1. The minimum absolute atomic E-state index is 0.0858. The molecule has 1 fully saturated rings. The predicted molar refractivity (Wildman–Crippen MR) is 74.4 cm³/mol. The van der Waals surface area contributed by atoms with E-state index in [0.29, 0.717) is 11.6 Å². The second kappa shape index (κ2) is 5.34. The van der Waals surface area contributed by atoms with Crippen LogP contribution in [0.2, 0.25) is 0 Å². The van der Waals surface area contributed by atoms with E-state index in [1.807, 2.05) is 18.2 Å². The van der Waals surface area contributed by atoms with Gasteiger partial charge in [0.1, 0.15) is 11.5 Å². The van der Waals surface area contributed by atoms with Crippen LogP contribution in [0.25, 0.3) is 6.08 Å². The van der Waals surface area contributed by atoms with Crippen molar-refractivity contribution in [1.29, 1.82) is 0 Å². The van der Waals surface area contributed by atoms with Crippen LogP contribution < -0.4 is 5.32 Å². The zero-order valence-corrected chi connectivity index (χ0v) is 10.8. The summed E-state index contributed by atoms with van der Waals surface area (Å²) < 4.78 is 0. The van der Waals surface area contributed by atoms with Crippen molar-refractivity contribution in [1.82, 2.24) is 10.3 Å². The summed E-state index contributed by atoms with van der Waals surface area (Å²) in [5.74, 6) is 1.21. The fourth-order valence-electron chi connectivity index (χ4n) is 2.67. The van der Waals surface area contributed by atoms with Crippen LogP contribution >= 0.6 is 0 Å². The minimum Gasteiger partial charge on any atom is -0.308 e. The lowest BCUT2D eigenvalue weighted by molar-refractivity contribution is -0.115. The first-order chi connectivity index (χ1) is 9.33. The van der Waals surface area contributed by atoms with Crippen LogP contribution in [0.5, 0.6) is 0 Å². The van der Waals surface area contributed by atoms with E-state index >= 15 is 0 Å². The molecule has 0 radical (unpaired) electrons. The van der Waals surface area contributed by atoms with E-state index in [9.17, 15) is 4.79 Å². The van der Waals surface area contributed by atoms with Gasteiger partial charge in [0.15, 0.2) is 0 Å². The highest BCUT2D eigenvalue weighted by Crippen LogP contribution is 2.26. The molecule has 0 bridgehead atoms. The number of carbonyl (C=O) groups excluding carboxylic acids is 1. The van der Waals surface area contributed by atoms with E-state index in [1.165, 1.54) is 19.3 Å². The van der Waals surface area contributed by atoms with Gasteiger partial charge in [0, 0.05) is 18.3 Å². The van der Waals surface area contributed by atoms with Gasteiger partial charge in [-0.2, -0.15) is 0 Å². The van der Waals surface area contributed by atoms with Gasteiger partial charge in [-0.05, 0) is 36.6 Å². The largest absolute Gasteiger partial charge is 0.308 e. The van der Waals surface area contributed by atoms with Crippen molar-refractivity contribution >= 4 is 17.8 Å². The second-order valence-corrected chi connectivity index (χ2v) is 5.10. The quantitative estimate of drug-likeness (QED) is 0.826. The second-order valence-electron chi connectivity index (χ2n) is 5.10. The molecular formula is C15H17N3O. The highest BCUT2D eigenvalue weighted by molar-refractivity contribution is 6.15.